The van der Waals surface area contributed by atoms with Gasteiger partial charge in [0.15, 0.2) is 0 Å². The average molecular weight is 182 g/mol. The molecule has 0 aliphatic rings. The fourth-order valence-corrected chi connectivity index (χ4v) is 0.520. The van der Waals surface area contributed by atoms with E-state index in [1.807, 2.05) is 0 Å². The van der Waals surface area contributed by atoms with Gasteiger partial charge in [-0.05, 0) is 6.92 Å². The molecule has 0 saturated carbocycles. The van der Waals surface area contributed by atoms with Gasteiger partial charge in [-0.1, -0.05) is 13.2 Å². The number of hydrogen-bond acceptors (Lipinski definition) is 4. The van der Waals surface area contributed by atoms with Gasteiger partial charge >= 0.3 is 11.9 Å². The second-order valence-corrected chi connectivity index (χ2v) is 2.00. The molecule has 4 heteroatoms. The van der Waals surface area contributed by atoms with Crippen LogP contribution in [0.1, 0.15) is 6.92 Å². The molecule has 0 aromatic carbocycles. The predicted octanol–water partition coefficient (Wildman–Crippen LogP) is 1.31. The molecule has 0 radical (unpaired) electrons. The summed E-state index contributed by atoms with van der Waals surface area (Å²) in [6.07, 6.45) is 2.97. The van der Waals surface area contributed by atoms with E-state index >= 15 is 0 Å². The van der Waals surface area contributed by atoms with Crippen LogP contribution in [-0.2, 0) is 19.1 Å². The Morgan fingerprint density at radius 2 is 1.69 bits per heavy atom. The lowest BCUT2D eigenvalue weighted by atomic mass is 10.3. The molecule has 4 nitrogen and oxygen atoms in total. The summed E-state index contributed by atoms with van der Waals surface area (Å²) >= 11 is 0. The van der Waals surface area contributed by atoms with Gasteiger partial charge in [-0.3, -0.25) is 0 Å². The average Bonchev–Trinajstić information content (AvgIpc) is 2.05. The normalized spacial score (nSPS) is 10.1. The zero-order chi connectivity index (χ0) is 10.3. The molecule has 0 amide bonds. The monoisotopic (exact) mass is 182 g/mol. The standard InChI is InChI=1S/C9H10O4/c1-4-12-8(10)6-7(3)9(11)13-5-2/h4-6H,1-2H2,3H3/b7-6+. The summed E-state index contributed by atoms with van der Waals surface area (Å²) in [7, 11) is 0. The molecule has 0 heterocycles. The molecule has 0 fully saturated rings. The molecule has 13 heavy (non-hydrogen) atoms. The van der Waals surface area contributed by atoms with Crippen molar-refractivity contribution in [2.75, 3.05) is 0 Å². The Balaban J connectivity index is 4.29. The van der Waals surface area contributed by atoms with E-state index in [0.717, 1.165) is 18.6 Å². The van der Waals surface area contributed by atoms with Crippen LogP contribution in [0.2, 0.25) is 0 Å². The Kier molecular flexibility index (Phi) is 4.95. The van der Waals surface area contributed by atoms with Crippen molar-refractivity contribution in [1.82, 2.24) is 0 Å². The maximum Gasteiger partial charge on any atom is 0.338 e. The van der Waals surface area contributed by atoms with Crippen LogP contribution in [0, 0.1) is 0 Å². The Hall–Kier alpha value is -1.84. The van der Waals surface area contributed by atoms with Crippen LogP contribution in [-0.4, -0.2) is 11.9 Å². The molecule has 70 valence electrons. The largest absolute Gasteiger partial charge is 0.432 e. The van der Waals surface area contributed by atoms with Gasteiger partial charge in [-0.2, -0.15) is 0 Å². The molecule has 0 atom stereocenters. The maximum absolute atomic E-state index is 10.9. The fraction of sp³-hybridized carbons (Fsp3) is 0.111. The molecule has 0 saturated heterocycles. The summed E-state index contributed by atoms with van der Waals surface area (Å²) in [5.41, 5.74) is 0.131. The number of rotatable bonds is 4. The van der Waals surface area contributed by atoms with Gasteiger partial charge in [0.25, 0.3) is 0 Å². The summed E-state index contributed by atoms with van der Waals surface area (Å²) in [6, 6.07) is 0. The van der Waals surface area contributed by atoms with E-state index in [-0.39, 0.29) is 5.57 Å². The molecule has 0 aromatic rings. The van der Waals surface area contributed by atoms with E-state index in [0.29, 0.717) is 0 Å². The van der Waals surface area contributed by atoms with Crippen LogP contribution in [0.3, 0.4) is 0 Å². The van der Waals surface area contributed by atoms with Gasteiger partial charge in [-0.15, -0.1) is 0 Å². The van der Waals surface area contributed by atoms with Gasteiger partial charge < -0.3 is 9.47 Å². The minimum absolute atomic E-state index is 0.131. The molecule has 0 aromatic heterocycles. The van der Waals surface area contributed by atoms with Gasteiger partial charge in [0, 0.05) is 11.6 Å². The lowest BCUT2D eigenvalue weighted by Crippen LogP contribution is -2.04. The van der Waals surface area contributed by atoms with Crippen LogP contribution in [0.4, 0.5) is 0 Å². The quantitative estimate of drug-likeness (QED) is 0.373. The van der Waals surface area contributed by atoms with E-state index in [9.17, 15) is 9.59 Å². The highest BCUT2D eigenvalue weighted by atomic mass is 16.5. The first-order chi connectivity index (χ1) is 6.11. The van der Waals surface area contributed by atoms with Crippen LogP contribution in [0.25, 0.3) is 0 Å². The van der Waals surface area contributed by atoms with E-state index in [1.165, 1.54) is 6.92 Å². The van der Waals surface area contributed by atoms with Gasteiger partial charge in [-0.25, -0.2) is 9.59 Å². The van der Waals surface area contributed by atoms with Crippen molar-refractivity contribution in [3.05, 3.63) is 37.3 Å². The molecule has 0 spiro atoms. The second-order valence-electron chi connectivity index (χ2n) is 2.00. The van der Waals surface area contributed by atoms with Gasteiger partial charge in [0.05, 0.1) is 12.5 Å². The van der Waals surface area contributed by atoms with Gasteiger partial charge in [0.1, 0.15) is 0 Å². The number of hydrogen-bond donors (Lipinski definition) is 0. The van der Waals surface area contributed by atoms with Crippen LogP contribution in [0.15, 0.2) is 37.3 Å². The lowest BCUT2D eigenvalue weighted by Gasteiger charge is -1.97. The number of carbonyl (C=O) groups excluding carboxylic acids is 2. The van der Waals surface area contributed by atoms with E-state index in [4.69, 9.17) is 0 Å². The van der Waals surface area contributed by atoms with E-state index in [1.54, 1.807) is 0 Å². The van der Waals surface area contributed by atoms with Crippen molar-refractivity contribution in [3.63, 3.8) is 0 Å². The molecular weight excluding hydrogens is 172 g/mol. The number of ether oxygens (including phenoxy) is 2. The van der Waals surface area contributed by atoms with E-state index < -0.39 is 11.9 Å². The van der Waals surface area contributed by atoms with Crippen molar-refractivity contribution < 1.29 is 19.1 Å². The van der Waals surface area contributed by atoms with Crippen molar-refractivity contribution in [3.8, 4) is 0 Å². The molecule has 0 aliphatic heterocycles. The number of esters is 2. The third kappa shape index (κ3) is 4.58. The van der Waals surface area contributed by atoms with E-state index in [2.05, 4.69) is 22.6 Å². The summed E-state index contributed by atoms with van der Waals surface area (Å²) in [5.74, 6) is -1.32. The zero-order valence-electron chi connectivity index (χ0n) is 7.28. The SMILES string of the molecule is C=COC(=O)/C=C(\C)C(=O)OC=C. The Morgan fingerprint density at radius 1 is 1.15 bits per heavy atom. The minimum atomic E-state index is -0.673. The van der Waals surface area contributed by atoms with Crippen molar-refractivity contribution >= 4 is 11.9 Å². The first-order valence-electron chi connectivity index (χ1n) is 3.43. The highest BCUT2D eigenvalue weighted by molar-refractivity contribution is 5.96. The van der Waals surface area contributed by atoms with Crippen LogP contribution < -0.4 is 0 Å². The summed E-state index contributed by atoms with van der Waals surface area (Å²) < 4.78 is 8.76. The zero-order valence-corrected chi connectivity index (χ0v) is 7.28. The third-order valence-corrected chi connectivity index (χ3v) is 1.05. The maximum atomic E-state index is 10.9. The topological polar surface area (TPSA) is 52.6 Å². The molecule has 0 unspecified atom stereocenters. The fourth-order valence-electron chi connectivity index (χ4n) is 0.520. The van der Waals surface area contributed by atoms with Crippen LogP contribution >= 0.6 is 0 Å². The Labute approximate surface area is 76.1 Å². The second kappa shape index (κ2) is 5.77. The van der Waals surface area contributed by atoms with Crippen LogP contribution in [0.5, 0.6) is 0 Å². The Morgan fingerprint density at radius 3 is 2.15 bits per heavy atom. The highest BCUT2D eigenvalue weighted by Crippen LogP contribution is 1.97. The van der Waals surface area contributed by atoms with Crippen molar-refractivity contribution in [1.29, 1.82) is 0 Å². The lowest BCUT2D eigenvalue weighted by molar-refractivity contribution is -0.135. The first kappa shape index (κ1) is 11.2. The number of carbonyl (C=O) groups is 2. The molecular formula is C9H10O4. The Bertz CT molecular complexity index is 263. The molecule has 0 rings (SSSR count). The summed E-state index contributed by atoms with van der Waals surface area (Å²) in [5, 5.41) is 0. The summed E-state index contributed by atoms with van der Waals surface area (Å²) in [6.45, 7) is 7.81. The van der Waals surface area contributed by atoms with Crippen molar-refractivity contribution in [2.45, 2.75) is 6.92 Å². The highest BCUT2D eigenvalue weighted by Gasteiger charge is 2.06. The predicted molar refractivity (Wildman–Crippen MR) is 46.3 cm³/mol. The third-order valence-electron chi connectivity index (χ3n) is 1.05. The van der Waals surface area contributed by atoms with Gasteiger partial charge in [0.2, 0.25) is 0 Å². The molecule has 0 bridgehead atoms. The molecule has 0 N–H and O–H groups in total. The molecule has 0 aliphatic carbocycles. The summed E-state index contributed by atoms with van der Waals surface area (Å²) in [4.78, 5) is 21.6. The first-order valence-corrected chi connectivity index (χ1v) is 3.43. The minimum Gasteiger partial charge on any atom is -0.432 e. The smallest absolute Gasteiger partial charge is 0.338 e. The van der Waals surface area contributed by atoms with Crippen molar-refractivity contribution in [2.24, 2.45) is 0 Å².